The number of benzene rings is 2. The van der Waals surface area contributed by atoms with Gasteiger partial charge in [0.2, 0.25) is 0 Å². The molecule has 0 aliphatic carbocycles. The number of aromatic nitrogens is 1. The van der Waals surface area contributed by atoms with Crippen LogP contribution in [0.4, 0.5) is 5.69 Å². The van der Waals surface area contributed by atoms with E-state index in [2.05, 4.69) is 10.3 Å². The van der Waals surface area contributed by atoms with Crippen LogP contribution >= 0.6 is 11.6 Å². The van der Waals surface area contributed by atoms with Gasteiger partial charge in [0, 0.05) is 10.7 Å². The van der Waals surface area contributed by atoms with Gasteiger partial charge in [-0.05, 0) is 36.4 Å². The second-order valence-electron chi connectivity index (χ2n) is 4.67. The topological polar surface area (TPSA) is 81.4 Å². The van der Waals surface area contributed by atoms with Crippen molar-refractivity contribution >= 4 is 40.3 Å². The number of hydrogen-bond acceptors (Lipinski definition) is 5. The molecule has 0 aliphatic heterocycles. The highest BCUT2D eigenvalue weighted by atomic mass is 35.5. The highest BCUT2D eigenvalue weighted by Gasteiger charge is 2.12. The second kappa shape index (κ2) is 6.50. The van der Waals surface area contributed by atoms with Crippen molar-refractivity contribution in [2.45, 2.75) is 0 Å². The number of carbonyl (C=O) groups is 2. The van der Waals surface area contributed by atoms with Crippen LogP contribution in [0.15, 0.2) is 53.3 Å². The Morgan fingerprint density at radius 2 is 2.09 bits per heavy atom. The van der Waals surface area contributed by atoms with E-state index in [0.717, 1.165) is 0 Å². The summed E-state index contributed by atoms with van der Waals surface area (Å²) in [6.45, 7) is -0.401. The van der Waals surface area contributed by atoms with E-state index < -0.39 is 18.5 Å². The number of esters is 1. The predicted molar refractivity (Wildman–Crippen MR) is 84.4 cm³/mol. The third-order valence-electron chi connectivity index (χ3n) is 3.01. The van der Waals surface area contributed by atoms with Crippen LogP contribution in [0.5, 0.6) is 0 Å². The highest BCUT2D eigenvalue weighted by Crippen LogP contribution is 2.16. The average Bonchev–Trinajstić information content (AvgIpc) is 3.00. The Balaban J connectivity index is 1.58. The maximum absolute atomic E-state index is 11.9. The van der Waals surface area contributed by atoms with Crippen molar-refractivity contribution in [3.8, 4) is 0 Å². The first-order valence-corrected chi connectivity index (χ1v) is 7.05. The molecule has 116 valence electrons. The molecule has 23 heavy (non-hydrogen) atoms. The second-order valence-corrected chi connectivity index (χ2v) is 5.11. The Kier molecular flexibility index (Phi) is 4.25. The van der Waals surface area contributed by atoms with Crippen molar-refractivity contribution in [2.24, 2.45) is 0 Å². The lowest BCUT2D eigenvalue weighted by atomic mass is 10.2. The van der Waals surface area contributed by atoms with E-state index in [1.165, 1.54) is 12.5 Å². The normalized spacial score (nSPS) is 10.5. The minimum Gasteiger partial charge on any atom is -0.452 e. The van der Waals surface area contributed by atoms with E-state index in [9.17, 15) is 9.59 Å². The van der Waals surface area contributed by atoms with Gasteiger partial charge in [-0.25, -0.2) is 9.78 Å². The molecule has 0 spiro atoms. The van der Waals surface area contributed by atoms with Crippen molar-refractivity contribution in [3.05, 3.63) is 59.4 Å². The van der Waals surface area contributed by atoms with Crippen LogP contribution in [0, 0.1) is 0 Å². The Morgan fingerprint density at radius 1 is 1.22 bits per heavy atom. The Labute approximate surface area is 136 Å². The Bertz CT molecular complexity index is 875. The van der Waals surface area contributed by atoms with Crippen LogP contribution in [0.2, 0.25) is 5.02 Å². The largest absolute Gasteiger partial charge is 0.452 e. The molecule has 6 nitrogen and oxygen atoms in total. The zero-order valence-corrected chi connectivity index (χ0v) is 12.5. The number of fused-ring (bicyclic) bond motifs is 1. The number of carbonyl (C=O) groups excluding carboxylic acids is 2. The standard InChI is InChI=1S/C16H11ClN2O4/c17-11-2-1-3-12(7-11)19-15(20)8-22-16(21)10-4-5-14-13(6-10)18-9-23-14/h1-7,9H,8H2,(H,19,20). The van der Waals surface area contributed by atoms with Gasteiger partial charge in [0.05, 0.1) is 5.56 Å². The molecule has 0 unspecified atom stereocenters. The summed E-state index contributed by atoms with van der Waals surface area (Å²) in [5, 5.41) is 3.09. The summed E-state index contributed by atoms with van der Waals surface area (Å²) in [6.07, 6.45) is 1.29. The molecule has 0 saturated heterocycles. The monoisotopic (exact) mass is 330 g/mol. The van der Waals surface area contributed by atoms with E-state index in [4.69, 9.17) is 20.8 Å². The molecule has 1 amide bonds. The first-order valence-electron chi connectivity index (χ1n) is 6.67. The number of hydrogen-bond donors (Lipinski definition) is 1. The zero-order valence-electron chi connectivity index (χ0n) is 11.8. The number of amides is 1. The molecule has 1 N–H and O–H groups in total. The lowest BCUT2D eigenvalue weighted by molar-refractivity contribution is -0.119. The number of ether oxygens (including phenoxy) is 1. The van der Waals surface area contributed by atoms with E-state index in [-0.39, 0.29) is 0 Å². The first kappa shape index (κ1) is 15.1. The number of anilines is 1. The third-order valence-corrected chi connectivity index (χ3v) is 3.24. The van der Waals surface area contributed by atoms with Gasteiger partial charge < -0.3 is 14.5 Å². The van der Waals surface area contributed by atoms with Gasteiger partial charge in [-0.2, -0.15) is 0 Å². The predicted octanol–water partition coefficient (Wildman–Crippen LogP) is 3.28. The minimum absolute atomic E-state index is 0.293. The molecule has 0 bridgehead atoms. The first-order chi connectivity index (χ1) is 11.1. The Hall–Kier alpha value is -2.86. The fourth-order valence-electron chi connectivity index (χ4n) is 1.96. The maximum Gasteiger partial charge on any atom is 0.338 e. The molecule has 0 aliphatic rings. The van der Waals surface area contributed by atoms with Crippen molar-refractivity contribution in [1.29, 1.82) is 0 Å². The molecule has 3 aromatic rings. The quantitative estimate of drug-likeness (QED) is 0.742. The molecular weight excluding hydrogens is 320 g/mol. The summed E-state index contributed by atoms with van der Waals surface area (Å²) in [6, 6.07) is 11.4. The van der Waals surface area contributed by atoms with Crippen LogP contribution in [0.25, 0.3) is 11.1 Å². The van der Waals surface area contributed by atoms with Crippen LogP contribution in [0.1, 0.15) is 10.4 Å². The van der Waals surface area contributed by atoms with E-state index in [1.807, 2.05) is 0 Å². The summed E-state index contributed by atoms with van der Waals surface area (Å²) in [5.74, 6) is -1.07. The van der Waals surface area contributed by atoms with E-state index in [0.29, 0.717) is 27.4 Å². The highest BCUT2D eigenvalue weighted by molar-refractivity contribution is 6.30. The average molecular weight is 331 g/mol. The number of rotatable bonds is 4. The maximum atomic E-state index is 11.9. The van der Waals surface area contributed by atoms with Gasteiger partial charge in [-0.3, -0.25) is 4.79 Å². The van der Waals surface area contributed by atoms with Crippen LogP contribution in [0.3, 0.4) is 0 Å². The summed E-state index contributed by atoms with van der Waals surface area (Å²) in [7, 11) is 0. The lowest BCUT2D eigenvalue weighted by Crippen LogP contribution is -2.20. The number of halogens is 1. The van der Waals surface area contributed by atoms with E-state index in [1.54, 1.807) is 36.4 Å². The molecule has 7 heteroatoms. The summed E-state index contributed by atoms with van der Waals surface area (Å²) in [4.78, 5) is 27.7. The molecule has 1 heterocycles. The SMILES string of the molecule is O=C(COC(=O)c1ccc2ocnc2c1)Nc1cccc(Cl)c1. The van der Waals surface area contributed by atoms with Crippen molar-refractivity contribution in [1.82, 2.24) is 4.98 Å². The van der Waals surface area contributed by atoms with Crippen LogP contribution in [-0.2, 0) is 9.53 Å². The number of nitrogens with zero attached hydrogens (tertiary/aromatic N) is 1. The minimum atomic E-state index is -0.615. The molecule has 0 atom stereocenters. The van der Waals surface area contributed by atoms with Crippen LogP contribution in [-0.4, -0.2) is 23.5 Å². The van der Waals surface area contributed by atoms with Crippen molar-refractivity contribution in [2.75, 3.05) is 11.9 Å². The van der Waals surface area contributed by atoms with Gasteiger partial charge >= 0.3 is 5.97 Å². The number of nitrogens with one attached hydrogen (secondary N) is 1. The lowest BCUT2D eigenvalue weighted by Gasteiger charge is -2.07. The Morgan fingerprint density at radius 3 is 2.91 bits per heavy atom. The third kappa shape index (κ3) is 3.67. The number of oxazole rings is 1. The molecule has 2 aromatic carbocycles. The summed E-state index contributed by atoms with van der Waals surface area (Å²) in [5.41, 5.74) is 1.94. The molecule has 1 aromatic heterocycles. The fourth-order valence-corrected chi connectivity index (χ4v) is 2.15. The van der Waals surface area contributed by atoms with Gasteiger partial charge in [0.1, 0.15) is 5.52 Å². The van der Waals surface area contributed by atoms with Crippen LogP contribution < -0.4 is 5.32 Å². The fraction of sp³-hybridized carbons (Fsp3) is 0.0625. The van der Waals surface area contributed by atoms with E-state index >= 15 is 0 Å². The summed E-state index contributed by atoms with van der Waals surface area (Å²) < 4.78 is 10.1. The van der Waals surface area contributed by atoms with Gasteiger partial charge in [-0.1, -0.05) is 17.7 Å². The molecule has 0 saturated carbocycles. The smallest absolute Gasteiger partial charge is 0.338 e. The van der Waals surface area contributed by atoms with Crippen molar-refractivity contribution < 1.29 is 18.7 Å². The van der Waals surface area contributed by atoms with Gasteiger partial charge in [-0.15, -0.1) is 0 Å². The summed E-state index contributed by atoms with van der Waals surface area (Å²) >= 11 is 5.82. The zero-order chi connectivity index (χ0) is 16.2. The van der Waals surface area contributed by atoms with Gasteiger partial charge in [0.15, 0.2) is 18.6 Å². The van der Waals surface area contributed by atoms with Crippen molar-refractivity contribution in [3.63, 3.8) is 0 Å². The molecular formula is C16H11ClN2O4. The molecule has 0 fully saturated rings. The molecule has 0 radical (unpaired) electrons. The van der Waals surface area contributed by atoms with Gasteiger partial charge in [0.25, 0.3) is 5.91 Å². The molecule has 3 rings (SSSR count).